The molecule has 4 heteroatoms. The third-order valence-corrected chi connectivity index (χ3v) is 4.19. The van der Waals surface area contributed by atoms with Gasteiger partial charge < -0.3 is 15.5 Å². The van der Waals surface area contributed by atoms with Crippen molar-refractivity contribution in [2.75, 3.05) is 27.2 Å². The Kier molecular flexibility index (Phi) is 6.09. The molecular formula is C14H29N3O. The van der Waals surface area contributed by atoms with E-state index in [0.29, 0.717) is 0 Å². The lowest BCUT2D eigenvalue weighted by Crippen LogP contribution is -2.58. The van der Waals surface area contributed by atoms with E-state index < -0.39 is 0 Å². The zero-order valence-corrected chi connectivity index (χ0v) is 12.4. The van der Waals surface area contributed by atoms with Gasteiger partial charge in [-0.25, -0.2) is 0 Å². The van der Waals surface area contributed by atoms with Gasteiger partial charge in [-0.1, -0.05) is 13.3 Å². The Morgan fingerprint density at radius 1 is 1.39 bits per heavy atom. The molecule has 1 aliphatic carbocycles. The number of nitrogens with zero attached hydrogens (tertiary/aromatic N) is 1. The number of likely N-dealkylation sites (N-methyl/N-ethyl adjacent to an activating group) is 1. The Hall–Kier alpha value is -0.610. The van der Waals surface area contributed by atoms with E-state index in [1.165, 1.54) is 19.3 Å². The molecule has 2 N–H and O–H groups in total. The second kappa shape index (κ2) is 7.10. The van der Waals surface area contributed by atoms with Crippen molar-refractivity contribution in [2.45, 2.75) is 57.5 Å². The van der Waals surface area contributed by atoms with Crippen LogP contribution in [0.5, 0.6) is 0 Å². The lowest BCUT2D eigenvalue weighted by Gasteiger charge is -2.48. The Balaban J connectivity index is 2.27. The van der Waals surface area contributed by atoms with Crippen LogP contribution >= 0.6 is 0 Å². The molecule has 1 fully saturated rings. The average molecular weight is 255 g/mol. The first kappa shape index (κ1) is 15.4. The van der Waals surface area contributed by atoms with E-state index in [1.54, 1.807) is 0 Å². The molecule has 0 aromatic heterocycles. The van der Waals surface area contributed by atoms with Gasteiger partial charge in [0.15, 0.2) is 0 Å². The maximum absolute atomic E-state index is 11.8. The monoisotopic (exact) mass is 255 g/mol. The number of hydrogen-bond acceptors (Lipinski definition) is 3. The predicted octanol–water partition coefficient (Wildman–Crippen LogP) is 1.37. The van der Waals surface area contributed by atoms with Gasteiger partial charge in [0.05, 0.1) is 6.04 Å². The van der Waals surface area contributed by atoms with Crippen LogP contribution < -0.4 is 10.6 Å². The molecule has 0 aliphatic heterocycles. The van der Waals surface area contributed by atoms with Crippen LogP contribution in [0.2, 0.25) is 0 Å². The third-order valence-electron chi connectivity index (χ3n) is 4.19. The summed E-state index contributed by atoms with van der Waals surface area (Å²) >= 11 is 0. The summed E-state index contributed by atoms with van der Waals surface area (Å²) in [5.41, 5.74) is 0.276. The lowest BCUT2D eigenvalue weighted by molar-refractivity contribution is -0.123. The van der Waals surface area contributed by atoms with Gasteiger partial charge in [0.25, 0.3) is 0 Å². The molecule has 0 aromatic rings. The molecule has 0 spiro atoms. The summed E-state index contributed by atoms with van der Waals surface area (Å²) in [5, 5.41) is 6.35. The molecule has 106 valence electrons. The van der Waals surface area contributed by atoms with Crippen LogP contribution in [0.1, 0.15) is 46.0 Å². The number of amides is 1. The van der Waals surface area contributed by atoms with Crippen molar-refractivity contribution < 1.29 is 4.79 Å². The molecule has 1 rings (SSSR count). The molecule has 1 atom stereocenters. The van der Waals surface area contributed by atoms with Gasteiger partial charge in [-0.3, -0.25) is 4.79 Å². The summed E-state index contributed by atoms with van der Waals surface area (Å²) in [6.45, 7) is 5.77. The van der Waals surface area contributed by atoms with Crippen LogP contribution in [-0.2, 0) is 4.79 Å². The van der Waals surface area contributed by atoms with E-state index >= 15 is 0 Å². The van der Waals surface area contributed by atoms with E-state index in [2.05, 4.69) is 36.6 Å². The van der Waals surface area contributed by atoms with Crippen LogP contribution in [0.15, 0.2) is 0 Å². The SMILES string of the molecule is CCCCNC(=O)C(C)NCC1(N(C)C)CCC1. The highest BCUT2D eigenvalue weighted by molar-refractivity contribution is 5.81. The number of nitrogens with one attached hydrogen (secondary N) is 2. The minimum absolute atomic E-state index is 0.0979. The van der Waals surface area contributed by atoms with Gasteiger partial charge in [0.2, 0.25) is 5.91 Å². The number of carbonyl (C=O) groups is 1. The molecule has 0 bridgehead atoms. The normalized spacial score (nSPS) is 19.4. The van der Waals surface area contributed by atoms with Gasteiger partial charge in [-0.05, 0) is 46.7 Å². The van der Waals surface area contributed by atoms with Crippen LogP contribution in [0.25, 0.3) is 0 Å². The third kappa shape index (κ3) is 3.95. The van der Waals surface area contributed by atoms with Crippen LogP contribution in [0.4, 0.5) is 0 Å². The second-order valence-corrected chi connectivity index (χ2v) is 5.72. The van der Waals surface area contributed by atoms with E-state index in [9.17, 15) is 4.79 Å². The molecule has 1 amide bonds. The summed E-state index contributed by atoms with van der Waals surface area (Å²) in [7, 11) is 4.26. The van der Waals surface area contributed by atoms with E-state index in [0.717, 1.165) is 25.9 Å². The first-order valence-electron chi connectivity index (χ1n) is 7.20. The van der Waals surface area contributed by atoms with E-state index in [4.69, 9.17) is 0 Å². The fourth-order valence-corrected chi connectivity index (χ4v) is 2.34. The molecule has 18 heavy (non-hydrogen) atoms. The Morgan fingerprint density at radius 2 is 2.06 bits per heavy atom. The minimum atomic E-state index is -0.0979. The molecule has 0 heterocycles. The van der Waals surface area contributed by atoms with Crippen LogP contribution in [0, 0.1) is 0 Å². The van der Waals surface area contributed by atoms with Crippen molar-refractivity contribution in [3.63, 3.8) is 0 Å². The minimum Gasteiger partial charge on any atom is -0.355 e. The fraction of sp³-hybridized carbons (Fsp3) is 0.929. The highest BCUT2D eigenvalue weighted by Gasteiger charge is 2.39. The van der Waals surface area contributed by atoms with Crippen molar-refractivity contribution in [3.8, 4) is 0 Å². The fourth-order valence-electron chi connectivity index (χ4n) is 2.34. The summed E-state index contributed by atoms with van der Waals surface area (Å²) in [6.07, 6.45) is 5.94. The molecule has 0 aromatic carbocycles. The van der Waals surface area contributed by atoms with Gasteiger partial charge in [0.1, 0.15) is 0 Å². The predicted molar refractivity (Wildman–Crippen MR) is 75.7 cm³/mol. The van der Waals surface area contributed by atoms with Crippen molar-refractivity contribution in [3.05, 3.63) is 0 Å². The molecule has 1 aliphatic rings. The number of rotatable bonds is 8. The van der Waals surface area contributed by atoms with Crippen molar-refractivity contribution in [1.82, 2.24) is 15.5 Å². The standard InChI is InChI=1S/C14H29N3O/c1-5-6-10-15-13(18)12(2)16-11-14(17(3)4)8-7-9-14/h12,16H,5-11H2,1-4H3,(H,15,18). The Bertz CT molecular complexity index is 262. The van der Waals surface area contributed by atoms with Crippen LogP contribution in [0.3, 0.4) is 0 Å². The summed E-state index contributed by atoms with van der Waals surface area (Å²) in [5.74, 6) is 0.122. The first-order chi connectivity index (χ1) is 8.52. The summed E-state index contributed by atoms with van der Waals surface area (Å²) in [4.78, 5) is 14.1. The molecule has 1 saturated carbocycles. The number of unbranched alkanes of at least 4 members (excludes halogenated alkanes) is 1. The Labute approximate surface area is 111 Å². The molecule has 1 unspecified atom stereocenters. The quantitative estimate of drug-likeness (QED) is 0.644. The molecule has 4 nitrogen and oxygen atoms in total. The summed E-state index contributed by atoms with van der Waals surface area (Å²) < 4.78 is 0. The van der Waals surface area contributed by atoms with E-state index in [-0.39, 0.29) is 17.5 Å². The highest BCUT2D eigenvalue weighted by Crippen LogP contribution is 2.35. The maximum atomic E-state index is 11.8. The largest absolute Gasteiger partial charge is 0.355 e. The van der Waals surface area contributed by atoms with Crippen LogP contribution in [-0.4, -0.2) is 49.6 Å². The van der Waals surface area contributed by atoms with Crippen molar-refractivity contribution in [2.24, 2.45) is 0 Å². The van der Waals surface area contributed by atoms with Crippen molar-refractivity contribution in [1.29, 1.82) is 0 Å². The molecular weight excluding hydrogens is 226 g/mol. The lowest BCUT2D eigenvalue weighted by atomic mass is 9.75. The molecule has 0 saturated heterocycles. The van der Waals surface area contributed by atoms with Gasteiger partial charge in [0, 0.05) is 18.6 Å². The zero-order chi connectivity index (χ0) is 13.6. The van der Waals surface area contributed by atoms with Gasteiger partial charge in [-0.2, -0.15) is 0 Å². The average Bonchev–Trinajstić information content (AvgIpc) is 2.27. The molecule has 0 radical (unpaired) electrons. The van der Waals surface area contributed by atoms with E-state index in [1.807, 2.05) is 6.92 Å². The first-order valence-corrected chi connectivity index (χ1v) is 7.20. The smallest absolute Gasteiger partial charge is 0.236 e. The number of carbonyl (C=O) groups excluding carboxylic acids is 1. The van der Waals surface area contributed by atoms with Gasteiger partial charge >= 0.3 is 0 Å². The topological polar surface area (TPSA) is 44.4 Å². The summed E-state index contributed by atoms with van der Waals surface area (Å²) in [6, 6.07) is -0.0979. The zero-order valence-electron chi connectivity index (χ0n) is 12.4. The Morgan fingerprint density at radius 3 is 2.50 bits per heavy atom. The number of hydrogen-bond donors (Lipinski definition) is 2. The van der Waals surface area contributed by atoms with Crippen molar-refractivity contribution >= 4 is 5.91 Å². The highest BCUT2D eigenvalue weighted by atomic mass is 16.2. The maximum Gasteiger partial charge on any atom is 0.236 e. The van der Waals surface area contributed by atoms with Gasteiger partial charge in [-0.15, -0.1) is 0 Å². The second-order valence-electron chi connectivity index (χ2n) is 5.72.